The van der Waals surface area contributed by atoms with E-state index in [-0.39, 0.29) is 12.5 Å². The lowest BCUT2D eigenvalue weighted by Crippen LogP contribution is -2.27. The van der Waals surface area contributed by atoms with Gasteiger partial charge in [-0.25, -0.2) is 0 Å². The van der Waals surface area contributed by atoms with Gasteiger partial charge in [0.2, 0.25) is 4.77 Å². The smallest absolute Gasteiger partial charge is 0.259 e. The second kappa shape index (κ2) is 9.52. The molecule has 2 aromatic rings. The summed E-state index contributed by atoms with van der Waals surface area (Å²) in [4.78, 5) is 13.2. The number of amides is 1. The van der Waals surface area contributed by atoms with Gasteiger partial charge in [-0.2, -0.15) is 14.9 Å². The van der Waals surface area contributed by atoms with Gasteiger partial charge in [0.05, 0.1) is 17.8 Å². The molecular formula is C17H22ClN5O3S. The molecule has 0 unspecified atom stereocenters. The molecule has 146 valence electrons. The number of halogens is 1. The van der Waals surface area contributed by atoms with Crippen LogP contribution in [-0.4, -0.2) is 59.2 Å². The van der Waals surface area contributed by atoms with Crippen molar-refractivity contribution in [3.8, 4) is 11.5 Å². The molecule has 0 aliphatic heterocycles. The molecule has 1 amide bonds. The highest BCUT2D eigenvalue weighted by Gasteiger charge is 2.15. The van der Waals surface area contributed by atoms with Crippen LogP contribution in [0.4, 0.5) is 0 Å². The number of aromatic amines is 1. The predicted molar refractivity (Wildman–Crippen MR) is 107 cm³/mol. The quantitative estimate of drug-likeness (QED) is 0.533. The number of benzene rings is 1. The summed E-state index contributed by atoms with van der Waals surface area (Å²) >= 11 is 11.5. The van der Waals surface area contributed by atoms with E-state index in [2.05, 4.69) is 15.3 Å². The van der Waals surface area contributed by atoms with Gasteiger partial charge in [-0.1, -0.05) is 18.5 Å². The summed E-state index contributed by atoms with van der Waals surface area (Å²) in [7, 11) is 3.31. The fraction of sp³-hybridized carbons (Fsp3) is 0.412. The third-order valence-corrected chi connectivity index (χ3v) is 4.07. The van der Waals surface area contributed by atoms with Crippen molar-refractivity contribution in [2.75, 3.05) is 27.3 Å². The third kappa shape index (κ3) is 5.30. The van der Waals surface area contributed by atoms with E-state index in [9.17, 15) is 4.79 Å². The fourth-order valence-corrected chi connectivity index (χ4v) is 2.60. The van der Waals surface area contributed by atoms with Crippen molar-refractivity contribution in [2.24, 2.45) is 5.10 Å². The van der Waals surface area contributed by atoms with Gasteiger partial charge in [-0.3, -0.25) is 9.89 Å². The first kappa shape index (κ1) is 20.9. The largest absolute Gasteiger partial charge is 0.490 e. The van der Waals surface area contributed by atoms with Gasteiger partial charge >= 0.3 is 0 Å². The third-order valence-electron chi connectivity index (χ3n) is 3.53. The molecule has 2 rings (SSSR count). The second-order valence-electron chi connectivity index (χ2n) is 5.69. The van der Waals surface area contributed by atoms with Crippen molar-refractivity contribution < 1.29 is 14.3 Å². The van der Waals surface area contributed by atoms with Crippen LogP contribution < -0.4 is 9.47 Å². The van der Waals surface area contributed by atoms with E-state index in [1.807, 2.05) is 13.8 Å². The summed E-state index contributed by atoms with van der Waals surface area (Å²) in [6.07, 6.45) is 2.29. The highest BCUT2D eigenvalue weighted by molar-refractivity contribution is 7.71. The van der Waals surface area contributed by atoms with Crippen molar-refractivity contribution in [3.05, 3.63) is 33.3 Å². The van der Waals surface area contributed by atoms with Gasteiger partial charge in [0.15, 0.2) is 23.9 Å². The number of aryl methyl sites for hydroxylation is 1. The molecule has 0 fully saturated rings. The van der Waals surface area contributed by atoms with E-state index < -0.39 is 0 Å². The Labute approximate surface area is 167 Å². The van der Waals surface area contributed by atoms with Gasteiger partial charge in [0, 0.05) is 20.5 Å². The summed E-state index contributed by atoms with van der Waals surface area (Å²) in [6, 6.07) is 3.42. The van der Waals surface area contributed by atoms with Crippen molar-refractivity contribution in [1.29, 1.82) is 0 Å². The molecule has 0 aliphatic carbocycles. The van der Waals surface area contributed by atoms with Gasteiger partial charge < -0.3 is 14.4 Å². The van der Waals surface area contributed by atoms with Crippen LogP contribution in [0.2, 0.25) is 5.02 Å². The second-order valence-corrected chi connectivity index (χ2v) is 6.49. The molecular weight excluding hydrogens is 390 g/mol. The minimum absolute atomic E-state index is 0.135. The zero-order valence-corrected chi connectivity index (χ0v) is 17.2. The Balaban J connectivity index is 2.31. The Bertz CT molecular complexity index is 891. The number of carbonyl (C=O) groups excluding carboxylic acids is 1. The number of hydrogen-bond acceptors (Lipinski definition) is 6. The van der Waals surface area contributed by atoms with E-state index >= 15 is 0 Å². The lowest BCUT2D eigenvalue weighted by molar-refractivity contribution is -0.130. The summed E-state index contributed by atoms with van der Waals surface area (Å²) in [5.74, 6) is 1.29. The summed E-state index contributed by atoms with van der Waals surface area (Å²) in [6.45, 7) is 4.09. The van der Waals surface area contributed by atoms with E-state index in [4.69, 9.17) is 33.3 Å². The fourth-order valence-electron chi connectivity index (χ4n) is 2.13. The topological polar surface area (TPSA) is 84.7 Å². The van der Waals surface area contributed by atoms with E-state index in [1.54, 1.807) is 37.1 Å². The average molecular weight is 412 g/mol. The molecule has 1 heterocycles. The van der Waals surface area contributed by atoms with E-state index in [0.29, 0.717) is 39.9 Å². The molecule has 0 saturated carbocycles. The summed E-state index contributed by atoms with van der Waals surface area (Å²) < 4.78 is 13.1. The van der Waals surface area contributed by atoms with Gasteiger partial charge in [0.25, 0.3) is 5.91 Å². The minimum Gasteiger partial charge on any atom is -0.490 e. The molecule has 0 radical (unpaired) electrons. The first-order valence-electron chi connectivity index (χ1n) is 8.37. The zero-order valence-electron chi connectivity index (χ0n) is 15.7. The van der Waals surface area contributed by atoms with Crippen LogP contribution in [0.1, 0.15) is 25.2 Å². The first-order chi connectivity index (χ1) is 12.9. The van der Waals surface area contributed by atoms with Crippen LogP contribution >= 0.6 is 23.8 Å². The predicted octanol–water partition coefficient (Wildman–Crippen LogP) is 2.90. The van der Waals surface area contributed by atoms with Gasteiger partial charge in [-0.05, 0) is 36.8 Å². The monoisotopic (exact) mass is 411 g/mol. The summed E-state index contributed by atoms with van der Waals surface area (Å²) in [5.41, 5.74) is 0.694. The maximum Gasteiger partial charge on any atom is 0.259 e. The Morgan fingerprint density at radius 1 is 1.41 bits per heavy atom. The normalized spacial score (nSPS) is 11.0. The van der Waals surface area contributed by atoms with E-state index in [0.717, 1.165) is 5.82 Å². The number of carbonyl (C=O) groups is 1. The molecule has 8 nitrogen and oxygen atoms in total. The van der Waals surface area contributed by atoms with Crippen LogP contribution in [0, 0.1) is 4.77 Å². The van der Waals surface area contributed by atoms with Crippen LogP contribution in [-0.2, 0) is 11.2 Å². The number of H-pyrrole nitrogens is 1. The number of nitrogens with zero attached hydrogens (tertiary/aromatic N) is 4. The molecule has 27 heavy (non-hydrogen) atoms. The van der Waals surface area contributed by atoms with Gasteiger partial charge in [0.1, 0.15) is 0 Å². The van der Waals surface area contributed by atoms with Crippen molar-refractivity contribution in [1.82, 2.24) is 19.8 Å². The number of aromatic nitrogens is 3. The van der Waals surface area contributed by atoms with Crippen LogP contribution in [0.25, 0.3) is 0 Å². The van der Waals surface area contributed by atoms with Crippen molar-refractivity contribution in [2.45, 2.75) is 20.3 Å². The highest BCUT2D eigenvalue weighted by atomic mass is 35.5. The molecule has 1 aromatic heterocycles. The van der Waals surface area contributed by atoms with Crippen molar-refractivity contribution >= 4 is 35.9 Å². The molecule has 1 aromatic carbocycles. The molecule has 10 heteroatoms. The molecule has 0 bridgehead atoms. The summed E-state index contributed by atoms with van der Waals surface area (Å²) in [5, 5.41) is 11.5. The molecule has 1 N–H and O–H groups in total. The van der Waals surface area contributed by atoms with E-state index in [1.165, 1.54) is 4.90 Å². The molecule has 0 spiro atoms. The lowest BCUT2D eigenvalue weighted by atomic mass is 10.2. The molecule has 0 atom stereocenters. The number of nitrogens with one attached hydrogen (secondary N) is 1. The number of likely N-dealkylation sites (N-methyl/N-ethyl adjacent to an activating group) is 1. The number of ether oxygens (including phenoxy) is 2. The molecule has 0 saturated heterocycles. The zero-order chi connectivity index (χ0) is 20.0. The maximum absolute atomic E-state index is 11.8. The Morgan fingerprint density at radius 3 is 2.78 bits per heavy atom. The van der Waals surface area contributed by atoms with Gasteiger partial charge in [-0.15, -0.1) is 0 Å². The lowest BCUT2D eigenvalue weighted by Gasteiger charge is -2.16. The standard InChI is InChI=1S/C17H22ClN5O3S/c1-5-14-20-21-17(27)23(14)19-9-11-7-12(18)16(13(8-11)25-6-2)26-10-15(24)22(3)4/h7-9H,5-6,10H2,1-4H3,(H,21,27)/b19-9-. The molecule has 0 aliphatic rings. The highest BCUT2D eigenvalue weighted by Crippen LogP contribution is 2.36. The Kier molecular flexibility index (Phi) is 7.37. The first-order valence-corrected chi connectivity index (χ1v) is 9.15. The van der Waals surface area contributed by atoms with Crippen LogP contribution in [0.5, 0.6) is 11.5 Å². The van der Waals surface area contributed by atoms with Crippen LogP contribution in [0.15, 0.2) is 17.2 Å². The average Bonchev–Trinajstić information content (AvgIpc) is 2.98. The Morgan fingerprint density at radius 2 is 2.15 bits per heavy atom. The van der Waals surface area contributed by atoms with Crippen LogP contribution in [0.3, 0.4) is 0 Å². The Hall–Kier alpha value is -2.39. The van der Waals surface area contributed by atoms with Crippen molar-refractivity contribution in [3.63, 3.8) is 0 Å². The number of rotatable bonds is 8. The SMILES string of the molecule is CCOc1cc(/C=N\n2c(CC)n[nH]c2=S)cc(Cl)c1OCC(=O)N(C)C. The minimum atomic E-state index is -0.180. The maximum atomic E-state index is 11.8. The number of hydrogen-bond donors (Lipinski definition) is 1.